The Morgan fingerprint density at radius 2 is 1.77 bits per heavy atom. The van der Waals surface area contributed by atoms with E-state index in [1.807, 2.05) is 31.2 Å². The number of nitrogens with one attached hydrogen (secondary N) is 2. The van der Waals surface area contributed by atoms with Gasteiger partial charge < -0.3 is 24.8 Å². The molecule has 0 aliphatic rings. The maximum Gasteiger partial charge on any atom is 0.319 e. The number of carbonyl (C=O) groups is 1. The molecule has 0 radical (unpaired) electrons. The number of benzene rings is 2. The van der Waals surface area contributed by atoms with Gasteiger partial charge in [-0.15, -0.1) is 0 Å². The highest BCUT2D eigenvalue weighted by molar-refractivity contribution is 6.32. The van der Waals surface area contributed by atoms with Gasteiger partial charge in [-0.25, -0.2) is 4.79 Å². The standard InChI is InChI=1S/C19H23ClN2O4/c1-4-26-14-7-5-13(6-8-14)9-10-21-19(23)22-16-11-15(20)17(24-2)12-18(16)25-3/h5-8,11-12H,4,9-10H2,1-3H3,(H2,21,22,23). The first-order valence-electron chi connectivity index (χ1n) is 8.25. The third-order valence-corrected chi connectivity index (χ3v) is 3.95. The largest absolute Gasteiger partial charge is 0.495 e. The number of amides is 2. The van der Waals surface area contributed by atoms with Crippen LogP contribution in [0.1, 0.15) is 12.5 Å². The Morgan fingerprint density at radius 3 is 2.38 bits per heavy atom. The summed E-state index contributed by atoms with van der Waals surface area (Å²) in [6, 6.07) is 10.7. The molecule has 0 aliphatic carbocycles. The van der Waals surface area contributed by atoms with Gasteiger partial charge >= 0.3 is 6.03 Å². The predicted molar refractivity (Wildman–Crippen MR) is 103 cm³/mol. The molecule has 0 saturated heterocycles. The number of rotatable bonds is 8. The second-order valence-corrected chi connectivity index (χ2v) is 5.80. The highest BCUT2D eigenvalue weighted by Gasteiger charge is 2.12. The molecule has 2 aromatic rings. The molecular weight excluding hydrogens is 356 g/mol. The predicted octanol–water partition coefficient (Wildman–Crippen LogP) is 4.12. The van der Waals surface area contributed by atoms with E-state index in [9.17, 15) is 4.79 Å². The monoisotopic (exact) mass is 378 g/mol. The van der Waals surface area contributed by atoms with Gasteiger partial charge in [-0.05, 0) is 37.1 Å². The van der Waals surface area contributed by atoms with Gasteiger partial charge in [0.05, 0.1) is 31.5 Å². The summed E-state index contributed by atoms with van der Waals surface area (Å²) in [6.07, 6.45) is 0.709. The molecule has 0 bridgehead atoms. The van der Waals surface area contributed by atoms with Crippen LogP contribution in [0.4, 0.5) is 10.5 Å². The molecule has 26 heavy (non-hydrogen) atoms. The summed E-state index contributed by atoms with van der Waals surface area (Å²) in [5, 5.41) is 5.93. The average molecular weight is 379 g/mol. The fraction of sp³-hybridized carbons (Fsp3) is 0.316. The molecule has 2 N–H and O–H groups in total. The normalized spacial score (nSPS) is 10.2. The molecule has 0 aromatic heterocycles. The van der Waals surface area contributed by atoms with Gasteiger partial charge in [0.2, 0.25) is 0 Å². The molecule has 2 aromatic carbocycles. The summed E-state index contributed by atoms with van der Waals surface area (Å²) in [7, 11) is 3.03. The number of halogens is 1. The van der Waals surface area contributed by atoms with Gasteiger partial charge in [0.25, 0.3) is 0 Å². The molecule has 0 unspecified atom stereocenters. The van der Waals surface area contributed by atoms with Gasteiger partial charge in [-0.2, -0.15) is 0 Å². The van der Waals surface area contributed by atoms with Gasteiger partial charge in [0.15, 0.2) is 0 Å². The van der Waals surface area contributed by atoms with E-state index in [1.165, 1.54) is 14.2 Å². The van der Waals surface area contributed by atoms with Crippen molar-refractivity contribution >= 4 is 23.3 Å². The van der Waals surface area contributed by atoms with Crippen LogP contribution in [0.15, 0.2) is 36.4 Å². The second kappa shape index (κ2) is 9.77. The Hall–Kier alpha value is -2.60. The first kappa shape index (κ1) is 19.7. The van der Waals surface area contributed by atoms with E-state index < -0.39 is 0 Å². The van der Waals surface area contributed by atoms with E-state index in [-0.39, 0.29) is 6.03 Å². The summed E-state index contributed by atoms with van der Waals surface area (Å²) in [5.41, 5.74) is 1.58. The van der Waals surface area contributed by atoms with Gasteiger partial charge in [-0.3, -0.25) is 0 Å². The number of anilines is 1. The molecule has 0 aliphatic heterocycles. The molecule has 0 atom stereocenters. The molecule has 2 amide bonds. The van der Waals surface area contributed by atoms with Crippen molar-refractivity contribution in [3.63, 3.8) is 0 Å². The number of urea groups is 1. The third kappa shape index (κ3) is 5.46. The third-order valence-electron chi connectivity index (χ3n) is 3.66. The zero-order chi connectivity index (χ0) is 18.9. The zero-order valence-corrected chi connectivity index (χ0v) is 15.9. The van der Waals surface area contributed by atoms with E-state index >= 15 is 0 Å². The molecule has 6 nitrogen and oxygen atoms in total. The minimum absolute atomic E-state index is 0.338. The van der Waals surface area contributed by atoms with Crippen molar-refractivity contribution in [2.75, 3.05) is 32.7 Å². The van der Waals surface area contributed by atoms with Crippen molar-refractivity contribution in [2.45, 2.75) is 13.3 Å². The summed E-state index contributed by atoms with van der Waals surface area (Å²) in [5.74, 6) is 1.78. The SMILES string of the molecule is CCOc1ccc(CCNC(=O)Nc2cc(Cl)c(OC)cc2OC)cc1. The smallest absolute Gasteiger partial charge is 0.319 e. The molecule has 0 fully saturated rings. The highest BCUT2D eigenvalue weighted by Crippen LogP contribution is 2.35. The first-order chi connectivity index (χ1) is 12.6. The fourth-order valence-electron chi connectivity index (χ4n) is 2.36. The zero-order valence-electron chi connectivity index (χ0n) is 15.1. The molecule has 0 saturated carbocycles. The van der Waals surface area contributed by atoms with Crippen LogP contribution >= 0.6 is 11.6 Å². The van der Waals surface area contributed by atoms with Crippen molar-refractivity contribution in [3.05, 3.63) is 47.0 Å². The van der Waals surface area contributed by atoms with E-state index in [4.69, 9.17) is 25.8 Å². The maximum atomic E-state index is 12.1. The Morgan fingerprint density at radius 1 is 1.08 bits per heavy atom. The van der Waals surface area contributed by atoms with Crippen molar-refractivity contribution in [3.8, 4) is 17.2 Å². The van der Waals surface area contributed by atoms with Crippen LogP contribution in [0.25, 0.3) is 0 Å². The Kier molecular flexibility index (Phi) is 7.41. The van der Waals surface area contributed by atoms with Gasteiger partial charge in [0, 0.05) is 12.6 Å². The van der Waals surface area contributed by atoms with Crippen LogP contribution in [0.2, 0.25) is 5.02 Å². The van der Waals surface area contributed by atoms with Crippen LogP contribution < -0.4 is 24.8 Å². The molecular formula is C19H23ClN2O4. The minimum Gasteiger partial charge on any atom is -0.495 e. The van der Waals surface area contributed by atoms with Crippen LogP contribution in [0, 0.1) is 0 Å². The number of hydrogen-bond acceptors (Lipinski definition) is 4. The van der Waals surface area contributed by atoms with Crippen LogP contribution in [0.3, 0.4) is 0 Å². The maximum absolute atomic E-state index is 12.1. The topological polar surface area (TPSA) is 68.8 Å². The number of ether oxygens (including phenoxy) is 3. The van der Waals surface area contributed by atoms with E-state index in [2.05, 4.69) is 10.6 Å². The molecule has 140 valence electrons. The van der Waals surface area contributed by atoms with Gasteiger partial charge in [-0.1, -0.05) is 23.7 Å². The van der Waals surface area contributed by atoms with E-state index in [1.54, 1.807) is 12.1 Å². The lowest BCUT2D eigenvalue weighted by molar-refractivity contribution is 0.252. The Labute approximate surface area is 158 Å². The molecule has 0 heterocycles. The number of hydrogen-bond donors (Lipinski definition) is 2. The lowest BCUT2D eigenvalue weighted by atomic mass is 10.1. The summed E-state index contributed by atoms with van der Waals surface area (Å²) in [6.45, 7) is 3.08. The summed E-state index contributed by atoms with van der Waals surface area (Å²) >= 11 is 6.10. The van der Waals surface area contributed by atoms with Crippen LogP contribution in [-0.2, 0) is 6.42 Å². The van der Waals surface area contributed by atoms with Crippen molar-refractivity contribution < 1.29 is 19.0 Å². The Balaban J connectivity index is 1.88. The quantitative estimate of drug-likeness (QED) is 0.725. The lowest BCUT2D eigenvalue weighted by Crippen LogP contribution is -2.30. The second-order valence-electron chi connectivity index (χ2n) is 5.39. The Bertz CT molecular complexity index is 735. The number of carbonyl (C=O) groups excluding carboxylic acids is 1. The fourth-order valence-corrected chi connectivity index (χ4v) is 2.60. The van der Waals surface area contributed by atoms with Crippen molar-refractivity contribution in [2.24, 2.45) is 0 Å². The average Bonchev–Trinajstić information content (AvgIpc) is 2.63. The van der Waals surface area contributed by atoms with E-state index in [0.29, 0.717) is 41.8 Å². The van der Waals surface area contributed by atoms with Crippen molar-refractivity contribution in [1.82, 2.24) is 5.32 Å². The lowest BCUT2D eigenvalue weighted by Gasteiger charge is -2.13. The minimum atomic E-state index is -0.338. The molecule has 2 rings (SSSR count). The van der Waals surface area contributed by atoms with Crippen LogP contribution in [-0.4, -0.2) is 33.4 Å². The number of methoxy groups -OCH3 is 2. The van der Waals surface area contributed by atoms with Crippen molar-refractivity contribution in [1.29, 1.82) is 0 Å². The van der Waals surface area contributed by atoms with E-state index in [0.717, 1.165) is 11.3 Å². The highest BCUT2D eigenvalue weighted by atomic mass is 35.5. The molecule has 0 spiro atoms. The summed E-state index contributed by atoms with van der Waals surface area (Å²) in [4.78, 5) is 12.1. The molecule has 7 heteroatoms. The van der Waals surface area contributed by atoms with Crippen LogP contribution in [0.5, 0.6) is 17.2 Å². The van der Waals surface area contributed by atoms with Gasteiger partial charge in [0.1, 0.15) is 17.2 Å². The summed E-state index contributed by atoms with van der Waals surface area (Å²) < 4.78 is 15.8. The first-order valence-corrected chi connectivity index (χ1v) is 8.63.